The molecule has 1 heterocycles. The van der Waals surface area contributed by atoms with E-state index in [0.717, 1.165) is 24.8 Å². The van der Waals surface area contributed by atoms with E-state index >= 15 is 0 Å². The van der Waals surface area contributed by atoms with Gasteiger partial charge in [-0.05, 0) is 18.4 Å². The Labute approximate surface area is 153 Å². The summed E-state index contributed by atoms with van der Waals surface area (Å²) in [6.07, 6.45) is 4.31. The molecule has 1 aliphatic carbocycles. The zero-order valence-electron chi connectivity index (χ0n) is 14.9. The summed E-state index contributed by atoms with van der Waals surface area (Å²) in [6.45, 7) is 0.897. The quantitative estimate of drug-likeness (QED) is 0.790. The molecular formula is C20H26N2O4. The number of carboxylic acid groups (broad SMARTS) is 1. The Balaban J connectivity index is 1.59. The fourth-order valence-electron chi connectivity index (χ4n) is 3.98. The van der Waals surface area contributed by atoms with Crippen LogP contribution in [-0.2, 0) is 20.9 Å². The van der Waals surface area contributed by atoms with Gasteiger partial charge in [0.1, 0.15) is 0 Å². The smallest absolute Gasteiger partial charge is 0.308 e. The second-order valence-corrected chi connectivity index (χ2v) is 7.36. The molecule has 2 N–H and O–H groups in total. The van der Waals surface area contributed by atoms with Crippen LogP contribution in [0.15, 0.2) is 30.3 Å². The number of hydrogen-bond donors (Lipinski definition) is 2. The lowest BCUT2D eigenvalue weighted by Gasteiger charge is -2.24. The lowest BCUT2D eigenvalue weighted by molar-refractivity contribution is -0.143. The van der Waals surface area contributed by atoms with Gasteiger partial charge in [0.15, 0.2) is 0 Å². The van der Waals surface area contributed by atoms with E-state index in [4.69, 9.17) is 0 Å². The van der Waals surface area contributed by atoms with Crippen molar-refractivity contribution < 1.29 is 19.5 Å². The number of amides is 2. The molecule has 2 fully saturated rings. The number of benzene rings is 1. The lowest BCUT2D eigenvalue weighted by Crippen LogP contribution is -2.45. The molecule has 140 valence electrons. The minimum Gasteiger partial charge on any atom is -0.481 e. The Morgan fingerprint density at radius 1 is 1.12 bits per heavy atom. The minimum atomic E-state index is -0.842. The van der Waals surface area contributed by atoms with E-state index in [2.05, 4.69) is 5.32 Å². The molecule has 0 bridgehead atoms. The van der Waals surface area contributed by atoms with Crippen LogP contribution >= 0.6 is 0 Å². The average molecular weight is 358 g/mol. The van der Waals surface area contributed by atoms with Crippen LogP contribution < -0.4 is 5.32 Å². The van der Waals surface area contributed by atoms with E-state index in [-0.39, 0.29) is 24.3 Å². The van der Waals surface area contributed by atoms with E-state index in [1.807, 2.05) is 30.3 Å². The van der Waals surface area contributed by atoms with E-state index in [1.54, 1.807) is 4.90 Å². The summed E-state index contributed by atoms with van der Waals surface area (Å²) in [4.78, 5) is 38.1. The third-order valence-electron chi connectivity index (χ3n) is 5.46. The van der Waals surface area contributed by atoms with Crippen molar-refractivity contribution >= 4 is 17.8 Å². The Kier molecular flexibility index (Phi) is 5.91. The molecule has 0 aromatic heterocycles. The van der Waals surface area contributed by atoms with Gasteiger partial charge in [-0.15, -0.1) is 0 Å². The second kappa shape index (κ2) is 8.34. The van der Waals surface area contributed by atoms with Gasteiger partial charge in [0.05, 0.1) is 11.8 Å². The largest absolute Gasteiger partial charge is 0.481 e. The SMILES string of the molecule is O=C(N[C@H]1CCCCC[C@H]1C(=O)O)C1CC(=O)N(Cc2ccccc2)C1. The highest BCUT2D eigenvalue weighted by Gasteiger charge is 2.37. The van der Waals surface area contributed by atoms with Crippen molar-refractivity contribution in [3.63, 3.8) is 0 Å². The van der Waals surface area contributed by atoms with Gasteiger partial charge in [0.25, 0.3) is 0 Å². The first-order chi connectivity index (χ1) is 12.5. The number of nitrogens with zero attached hydrogens (tertiary/aromatic N) is 1. The van der Waals surface area contributed by atoms with Gasteiger partial charge >= 0.3 is 5.97 Å². The lowest BCUT2D eigenvalue weighted by atomic mass is 9.94. The molecule has 2 aliphatic rings. The van der Waals surface area contributed by atoms with Crippen molar-refractivity contribution in [3.05, 3.63) is 35.9 Å². The van der Waals surface area contributed by atoms with E-state index in [9.17, 15) is 19.5 Å². The summed E-state index contributed by atoms with van der Waals surface area (Å²) in [5.41, 5.74) is 1.04. The third kappa shape index (κ3) is 4.42. The van der Waals surface area contributed by atoms with Crippen LogP contribution in [0, 0.1) is 11.8 Å². The molecule has 1 aromatic rings. The maximum Gasteiger partial charge on any atom is 0.308 e. The first-order valence-corrected chi connectivity index (χ1v) is 9.39. The van der Waals surface area contributed by atoms with Gasteiger partial charge in [-0.25, -0.2) is 0 Å². The second-order valence-electron chi connectivity index (χ2n) is 7.36. The number of nitrogens with one attached hydrogen (secondary N) is 1. The summed E-state index contributed by atoms with van der Waals surface area (Å²) in [6, 6.07) is 9.38. The topological polar surface area (TPSA) is 86.7 Å². The molecule has 1 aliphatic heterocycles. The summed E-state index contributed by atoms with van der Waals surface area (Å²) in [5.74, 6) is -1.98. The van der Waals surface area contributed by atoms with Crippen LogP contribution in [0.4, 0.5) is 0 Å². The highest BCUT2D eigenvalue weighted by atomic mass is 16.4. The third-order valence-corrected chi connectivity index (χ3v) is 5.46. The molecule has 1 aromatic carbocycles. The van der Waals surface area contributed by atoms with Crippen molar-refractivity contribution in [2.75, 3.05) is 6.54 Å². The van der Waals surface area contributed by atoms with Gasteiger partial charge < -0.3 is 15.3 Å². The fraction of sp³-hybridized carbons (Fsp3) is 0.550. The molecule has 3 rings (SSSR count). The standard InChI is InChI=1S/C20H26N2O4/c23-18-11-15(13-22(18)12-14-7-3-1-4-8-14)19(24)21-17-10-6-2-5-9-16(17)20(25)26/h1,3-4,7-8,15-17H,2,5-6,9-13H2,(H,21,24)(H,25,26)/t15?,16-,17+/m1/s1. The van der Waals surface area contributed by atoms with Crippen LogP contribution in [0.3, 0.4) is 0 Å². The summed E-state index contributed by atoms with van der Waals surface area (Å²) >= 11 is 0. The van der Waals surface area contributed by atoms with Gasteiger partial charge in [-0.1, -0.05) is 49.6 Å². The summed E-state index contributed by atoms with van der Waals surface area (Å²) in [5, 5.41) is 12.4. The number of aliphatic carboxylic acids is 1. The zero-order chi connectivity index (χ0) is 18.5. The van der Waals surface area contributed by atoms with E-state index in [1.165, 1.54) is 0 Å². The molecule has 1 saturated carbocycles. The van der Waals surface area contributed by atoms with Crippen LogP contribution in [0.1, 0.15) is 44.1 Å². The van der Waals surface area contributed by atoms with E-state index < -0.39 is 17.8 Å². The first kappa shape index (κ1) is 18.4. The highest BCUT2D eigenvalue weighted by Crippen LogP contribution is 2.26. The Morgan fingerprint density at radius 3 is 2.58 bits per heavy atom. The van der Waals surface area contributed by atoms with Crippen molar-refractivity contribution in [1.29, 1.82) is 0 Å². The monoisotopic (exact) mass is 358 g/mol. The molecule has 1 unspecified atom stereocenters. The molecule has 6 nitrogen and oxygen atoms in total. The molecular weight excluding hydrogens is 332 g/mol. The number of carbonyl (C=O) groups is 3. The highest BCUT2D eigenvalue weighted by molar-refractivity contribution is 5.89. The number of carboxylic acids is 1. The van der Waals surface area contributed by atoms with Gasteiger partial charge in [-0.2, -0.15) is 0 Å². The first-order valence-electron chi connectivity index (χ1n) is 9.39. The zero-order valence-corrected chi connectivity index (χ0v) is 14.9. The maximum absolute atomic E-state index is 12.7. The molecule has 26 heavy (non-hydrogen) atoms. The number of likely N-dealkylation sites (tertiary alicyclic amines) is 1. The number of rotatable bonds is 5. The number of carbonyl (C=O) groups excluding carboxylic acids is 2. The Bertz CT molecular complexity index is 661. The van der Waals surface area contributed by atoms with Gasteiger partial charge in [0, 0.05) is 25.6 Å². The maximum atomic E-state index is 12.7. The predicted octanol–water partition coefficient (Wildman–Crippen LogP) is 2.18. The Hall–Kier alpha value is -2.37. The van der Waals surface area contributed by atoms with Crippen LogP contribution in [0.25, 0.3) is 0 Å². The van der Waals surface area contributed by atoms with Crippen LogP contribution in [0.5, 0.6) is 0 Å². The van der Waals surface area contributed by atoms with Crippen molar-refractivity contribution in [1.82, 2.24) is 10.2 Å². The van der Waals surface area contributed by atoms with E-state index in [0.29, 0.717) is 25.9 Å². The minimum absolute atomic E-state index is 0.0235. The molecule has 0 radical (unpaired) electrons. The van der Waals surface area contributed by atoms with Crippen molar-refractivity contribution in [2.24, 2.45) is 11.8 Å². The van der Waals surface area contributed by atoms with Gasteiger partial charge in [0.2, 0.25) is 11.8 Å². The summed E-state index contributed by atoms with van der Waals surface area (Å²) < 4.78 is 0. The Morgan fingerprint density at radius 2 is 1.85 bits per heavy atom. The normalized spacial score (nSPS) is 26.4. The molecule has 3 atom stereocenters. The molecule has 6 heteroatoms. The molecule has 2 amide bonds. The van der Waals surface area contributed by atoms with Crippen molar-refractivity contribution in [3.8, 4) is 0 Å². The van der Waals surface area contributed by atoms with Crippen LogP contribution in [-0.4, -0.2) is 40.4 Å². The fourth-order valence-corrected chi connectivity index (χ4v) is 3.98. The van der Waals surface area contributed by atoms with Crippen LogP contribution in [0.2, 0.25) is 0 Å². The summed E-state index contributed by atoms with van der Waals surface area (Å²) in [7, 11) is 0. The molecule has 0 spiro atoms. The predicted molar refractivity (Wildman–Crippen MR) is 96.1 cm³/mol. The average Bonchev–Trinajstić information content (AvgIpc) is 2.83. The number of hydrogen-bond acceptors (Lipinski definition) is 3. The van der Waals surface area contributed by atoms with Gasteiger partial charge in [-0.3, -0.25) is 14.4 Å². The van der Waals surface area contributed by atoms with Crippen molar-refractivity contribution in [2.45, 2.75) is 51.1 Å². The molecule has 1 saturated heterocycles.